The number of hydrogen-bond donors (Lipinski definition) is 0. The van der Waals surface area contributed by atoms with Crippen LogP contribution in [-0.4, -0.2) is 42.1 Å². The summed E-state index contributed by atoms with van der Waals surface area (Å²) < 4.78 is 6.29. The minimum atomic E-state index is 0.0414. The fourth-order valence-electron chi connectivity index (χ4n) is 1.93. The third-order valence-corrected chi connectivity index (χ3v) is 4.26. The molecule has 0 radical (unpaired) electrons. The molecule has 1 aromatic rings. The van der Waals surface area contributed by atoms with E-state index in [1.165, 1.54) is 11.3 Å². The summed E-state index contributed by atoms with van der Waals surface area (Å²) in [6, 6.07) is 0. The Balaban J connectivity index is 1.90. The lowest BCUT2D eigenvalue weighted by molar-refractivity contribution is 0.0762. The number of likely N-dealkylation sites (tertiary alicyclic amines) is 1. The molecule has 0 aliphatic carbocycles. The fraction of sp³-hybridized carbons (Fsp3) is 0.636. The van der Waals surface area contributed by atoms with Gasteiger partial charge < -0.3 is 9.64 Å². The first-order valence-electron chi connectivity index (χ1n) is 5.69. The predicted octanol–water partition coefficient (Wildman–Crippen LogP) is 2.40. The molecule has 0 bridgehead atoms. The first-order chi connectivity index (χ1) is 8.20. The zero-order valence-corrected chi connectivity index (χ0v) is 12.1. The number of ether oxygens (including phenoxy) is 1. The Morgan fingerprint density at radius 1 is 1.76 bits per heavy atom. The monoisotopic (exact) mass is 318 g/mol. The summed E-state index contributed by atoms with van der Waals surface area (Å²) in [7, 11) is 0. The molecule has 0 unspecified atom stereocenters. The molecule has 1 aliphatic heterocycles. The van der Waals surface area contributed by atoms with Crippen LogP contribution in [0.3, 0.4) is 0 Å². The summed E-state index contributed by atoms with van der Waals surface area (Å²) in [5, 5.41) is 0.564. The Bertz CT molecular complexity index is 397. The highest BCUT2D eigenvalue weighted by Gasteiger charge is 2.28. The van der Waals surface area contributed by atoms with Gasteiger partial charge >= 0.3 is 0 Å². The number of carbonyl (C=O) groups excluding carboxylic acids is 1. The normalized spacial score (nSPS) is 19.9. The van der Waals surface area contributed by atoms with Crippen molar-refractivity contribution in [2.75, 3.05) is 26.3 Å². The maximum atomic E-state index is 12.1. The first kappa shape index (κ1) is 13.0. The summed E-state index contributed by atoms with van der Waals surface area (Å²) in [4.78, 5) is 18.1. The van der Waals surface area contributed by atoms with E-state index < -0.39 is 0 Å². The van der Waals surface area contributed by atoms with Gasteiger partial charge in [-0.3, -0.25) is 4.79 Å². The van der Waals surface area contributed by atoms with Crippen molar-refractivity contribution in [3.05, 3.63) is 15.0 Å². The van der Waals surface area contributed by atoms with Crippen LogP contribution in [0.5, 0.6) is 0 Å². The molecule has 6 heteroatoms. The van der Waals surface area contributed by atoms with Crippen molar-refractivity contribution < 1.29 is 9.53 Å². The number of rotatable bonds is 4. The van der Waals surface area contributed by atoms with E-state index in [0.717, 1.165) is 36.5 Å². The minimum absolute atomic E-state index is 0.0414. The van der Waals surface area contributed by atoms with E-state index in [4.69, 9.17) is 4.74 Å². The number of hydrogen-bond acceptors (Lipinski definition) is 4. The lowest BCUT2D eigenvalue weighted by atomic mass is 10.1. The molecule has 2 rings (SSSR count). The summed E-state index contributed by atoms with van der Waals surface area (Å²) in [6.45, 7) is 5.08. The number of aromatic nitrogens is 1. The lowest BCUT2D eigenvalue weighted by Crippen LogP contribution is -2.29. The van der Waals surface area contributed by atoms with E-state index >= 15 is 0 Å². The van der Waals surface area contributed by atoms with Gasteiger partial charge in [-0.15, -0.1) is 11.3 Å². The third-order valence-electron chi connectivity index (χ3n) is 2.79. The molecule has 1 fully saturated rings. The van der Waals surface area contributed by atoms with Gasteiger partial charge in [0.2, 0.25) is 0 Å². The highest BCUT2D eigenvalue weighted by molar-refractivity contribution is 9.11. The summed E-state index contributed by atoms with van der Waals surface area (Å²) in [5.41, 5.74) is 0. The standard InChI is InChI=1S/C11H15BrN2O2S/c1-2-16-7-8-3-4-14(6-8)11(15)10-13-5-9(12)17-10/h5,8H,2-4,6-7H2,1H3/t8-/m0/s1. The van der Waals surface area contributed by atoms with Gasteiger partial charge in [-0.2, -0.15) is 0 Å². The Morgan fingerprint density at radius 3 is 3.24 bits per heavy atom. The Morgan fingerprint density at radius 2 is 2.59 bits per heavy atom. The van der Waals surface area contributed by atoms with Gasteiger partial charge in [0.05, 0.1) is 16.6 Å². The van der Waals surface area contributed by atoms with Crippen LogP contribution in [0.1, 0.15) is 23.1 Å². The van der Waals surface area contributed by atoms with Crippen LogP contribution >= 0.6 is 27.3 Å². The van der Waals surface area contributed by atoms with E-state index in [-0.39, 0.29) is 5.91 Å². The molecule has 1 aliphatic rings. The number of carbonyl (C=O) groups is 1. The van der Waals surface area contributed by atoms with Crippen molar-refractivity contribution in [2.24, 2.45) is 5.92 Å². The van der Waals surface area contributed by atoms with Crippen molar-refractivity contribution >= 4 is 33.2 Å². The molecular formula is C11H15BrN2O2S. The van der Waals surface area contributed by atoms with Gasteiger partial charge in [-0.05, 0) is 29.3 Å². The van der Waals surface area contributed by atoms with Gasteiger partial charge in [0.1, 0.15) is 0 Å². The average molecular weight is 319 g/mol. The lowest BCUT2D eigenvalue weighted by Gasteiger charge is -2.14. The summed E-state index contributed by atoms with van der Waals surface area (Å²) in [6.07, 6.45) is 2.70. The summed E-state index contributed by atoms with van der Waals surface area (Å²) >= 11 is 4.71. The molecule has 0 aromatic carbocycles. The second-order valence-electron chi connectivity index (χ2n) is 4.03. The minimum Gasteiger partial charge on any atom is -0.381 e. The molecular weight excluding hydrogens is 304 g/mol. The third kappa shape index (κ3) is 3.26. The molecule has 0 saturated carbocycles. The molecule has 17 heavy (non-hydrogen) atoms. The largest absolute Gasteiger partial charge is 0.381 e. The van der Waals surface area contributed by atoms with E-state index in [9.17, 15) is 4.79 Å². The van der Waals surface area contributed by atoms with Crippen molar-refractivity contribution in [3.8, 4) is 0 Å². The molecule has 0 spiro atoms. The quantitative estimate of drug-likeness (QED) is 0.856. The van der Waals surface area contributed by atoms with Crippen LogP contribution in [0.25, 0.3) is 0 Å². The molecule has 4 nitrogen and oxygen atoms in total. The van der Waals surface area contributed by atoms with Gasteiger partial charge in [0.15, 0.2) is 5.01 Å². The molecule has 2 heterocycles. The van der Waals surface area contributed by atoms with Crippen molar-refractivity contribution in [2.45, 2.75) is 13.3 Å². The molecule has 1 atom stereocenters. The predicted molar refractivity (Wildman–Crippen MR) is 70.3 cm³/mol. The number of halogens is 1. The zero-order valence-electron chi connectivity index (χ0n) is 9.69. The number of thiazole rings is 1. The molecule has 94 valence electrons. The molecule has 1 saturated heterocycles. The second-order valence-corrected chi connectivity index (χ2v) is 6.44. The van der Waals surface area contributed by atoms with Crippen molar-refractivity contribution in [3.63, 3.8) is 0 Å². The van der Waals surface area contributed by atoms with Crippen molar-refractivity contribution in [1.29, 1.82) is 0 Å². The van der Waals surface area contributed by atoms with Crippen LogP contribution in [0, 0.1) is 5.92 Å². The Labute approximate surface area is 113 Å². The summed E-state index contributed by atoms with van der Waals surface area (Å²) in [5.74, 6) is 0.516. The second kappa shape index (κ2) is 5.93. The van der Waals surface area contributed by atoms with Crippen LogP contribution < -0.4 is 0 Å². The topological polar surface area (TPSA) is 42.4 Å². The number of amides is 1. The van der Waals surface area contributed by atoms with Gasteiger partial charge in [-0.1, -0.05) is 0 Å². The van der Waals surface area contributed by atoms with Gasteiger partial charge in [0.25, 0.3) is 5.91 Å². The smallest absolute Gasteiger partial charge is 0.282 e. The SMILES string of the molecule is CCOC[C@H]1CCN(C(=O)c2ncc(Br)s2)C1. The van der Waals surface area contributed by atoms with Crippen LogP contribution in [0.15, 0.2) is 9.98 Å². The molecule has 1 aromatic heterocycles. The number of nitrogens with zero attached hydrogens (tertiary/aromatic N) is 2. The van der Waals surface area contributed by atoms with E-state index in [2.05, 4.69) is 20.9 Å². The highest BCUT2D eigenvalue weighted by Crippen LogP contribution is 2.23. The Hall–Kier alpha value is -0.460. The maximum Gasteiger partial charge on any atom is 0.282 e. The molecule has 0 N–H and O–H groups in total. The van der Waals surface area contributed by atoms with Gasteiger partial charge in [-0.25, -0.2) is 4.98 Å². The average Bonchev–Trinajstić information content (AvgIpc) is 2.94. The first-order valence-corrected chi connectivity index (χ1v) is 7.30. The van der Waals surface area contributed by atoms with Gasteiger partial charge in [0, 0.05) is 25.6 Å². The maximum absolute atomic E-state index is 12.1. The zero-order chi connectivity index (χ0) is 12.3. The van der Waals surface area contributed by atoms with Crippen LogP contribution in [0.2, 0.25) is 0 Å². The van der Waals surface area contributed by atoms with E-state index in [0.29, 0.717) is 10.9 Å². The van der Waals surface area contributed by atoms with Crippen molar-refractivity contribution in [1.82, 2.24) is 9.88 Å². The van der Waals surface area contributed by atoms with E-state index in [1.54, 1.807) is 6.20 Å². The van der Waals surface area contributed by atoms with Crippen LogP contribution in [0.4, 0.5) is 0 Å². The highest BCUT2D eigenvalue weighted by atomic mass is 79.9. The Kier molecular flexibility index (Phi) is 4.53. The fourth-order valence-corrected chi connectivity index (χ4v) is 3.10. The van der Waals surface area contributed by atoms with E-state index in [1.807, 2.05) is 11.8 Å². The molecule has 1 amide bonds. The van der Waals surface area contributed by atoms with Crippen LogP contribution in [-0.2, 0) is 4.74 Å².